The number of nitrogens with zero attached hydrogens (tertiary/aromatic N) is 1. The van der Waals surface area contributed by atoms with Gasteiger partial charge in [0.15, 0.2) is 5.17 Å². The molecule has 9 heavy (non-hydrogen) atoms. The van der Waals surface area contributed by atoms with Crippen molar-refractivity contribution in [2.45, 2.75) is 6.92 Å². The highest BCUT2D eigenvalue weighted by molar-refractivity contribution is 8.93. The molecule has 1 rings (SSSR count). The standard InChI is InChI=1S/C5H10N2S.BrH/c1-4-2-7-5(6)8-3-4;/h4H,2-3H2,1H3,(H2,6,7);1H. The van der Waals surface area contributed by atoms with Gasteiger partial charge in [0, 0.05) is 12.3 Å². The van der Waals surface area contributed by atoms with Crippen molar-refractivity contribution < 1.29 is 0 Å². The highest BCUT2D eigenvalue weighted by Crippen LogP contribution is 2.13. The van der Waals surface area contributed by atoms with Crippen molar-refractivity contribution in [3.05, 3.63) is 0 Å². The van der Waals surface area contributed by atoms with Crippen molar-refractivity contribution in [2.75, 3.05) is 12.3 Å². The Kier molecular flexibility index (Phi) is 4.31. The van der Waals surface area contributed by atoms with Gasteiger partial charge in [-0.3, -0.25) is 4.99 Å². The second-order valence-electron chi connectivity index (χ2n) is 2.10. The number of nitrogens with two attached hydrogens (primary N) is 1. The molecule has 0 aromatic rings. The Morgan fingerprint density at radius 3 is 2.78 bits per heavy atom. The Bertz CT molecular complexity index is 116. The third kappa shape index (κ3) is 3.11. The predicted molar refractivity (Wildman–Crippen MR) is 48.4 cm³/mol. The molecule has 2 N–H and O–H groups in total. The van der Waals surface area contributed by atoms with E-state index >= 15 is 0 Å². The van der Waals surface area contributed by atoms with Crippen molar-refractivity contribution in [3.8, 4) is 0 Å². The Hall–Kier alpha value is 0.300. The molecule has 54 valence electrons. The number of amidine groups is 1. The minimum absolute atomic E-state index is 0. The summed E-state index contributed by atoms with van der Waals surface area (Å²) < 4.78 is 0. The lowest BCUT2D eigenvalue weighted by molar-refractivity contribution is 0.673. The van der Waals surface area contributed by atoms with E-state index in [1.54, 1.807) is 11.8 Å². The van der Waals surface area contributed by atoms with Crippen LogP contribution in [0.1, 0.15) is 6.92 Å². The van der Waals surface area contributed by atoms with E-state index in [9.17, 15) is 0 Å². The van der Waals surface area contributed by atoms with Gasteiger partial charge in [0.2, 0.25) is 0 Å². The Balaban J connectivity index is 0.000000640. The summed E-state index contributed by atoms with van der Waals surface area (Å²) in [6.07, 6.45) is 0. The average molecular weight is 211 g/mol. The van der Waals surface area contributed by atoms with Crippen LogP contribution in [0.25, 0.3) is 0 Å². The summed E-state index contributed by atoms with van der Waals surface area (Å²) in [7, 11) is 0. The molecule has 0 aromatic carbocycles. The molecule has 0 amide bonds. The molecule has 0 saturated heterocycles. The zero-order valence-electron chi connectivity index (χ0n) is 5.33. The fourth-order valence-corrected chi connectivity index (χ4v) is 1.30. The maximum Gasteiger partial charge on any atom is 0.153 e. The number of rotatable bonds is 0. The summed E-state index contributed by atoms with van der Waals surface area (Å²) in [4.78, 5) is 4.07. The van der Waals surface area contributed by atoms with E-state index in [1.807, 2.05) is 0 Å². The Labute approximate surface area is 70.1 Å². The van der Waals surface area contributed by atoms with Crippen LogP contribution in [0.4, 0.5) is 0 Å². The molecule has 1 unspecified atom stereocenters. The van der Waals surface area contributed by atoms with Gasteiger partial charge in [0.1, 0.15) is 0 Å². The first-order valence-electron chi connectivity index (χ1n) is 2.72. The van der Waals surface area contributed by atoms with Crippen molar-refractivity contribution in [2.24, 2.45) is 16.6 Å². The van der Waals surface area contributed by atoms with Crippen LogP contribution < -0.4 is 5.73 Å². The van der Waals surface area contributed by atoms with Gasteiger partial charge in [-0.2, -0.15) is 0 Å². The molecule has 0 fully saturated rings. The van der Waals surface area contributed by atoms with E-state index in [0.29, 0.717) is 5.92 Å². The first-order chi connectivity index (χ1) is 3.79. The van der Waals surface area contributed by atoms with Crippen molar-refractivity contribution >= 4 is 33.9 Å². The SMILES string of the molecule is Br.CC1CN=C(N)SC1. The Morgan fingerprint density at radius 2 is 2.44 bits per heavy atom. The van der Waals surface area contributed by atoms with Gasteiger partial charge >= 0.3 is 0 Å². The van der Waals surface area contributed by atoms with Crippen LogP contribution in [0.3, 0.4) is 0 Å². The molecule has 0 aromatic heterocycles. The van der Waals surface area contributed by atoms with Crippen LogP contribution in [0.2, 0.25) is 0 Å². The predicted octanol–water partition coefficient (Wildman–Crippen LogP) is 1.26. The first kappa shape index (κ1) is 9.30. The summed E-state index contributed by atoms with van der Waals surface area (Å²) >= 11 is 1.65. The van der Waals surface area contributed by atoms with Gasteiger partial charge in [-0.1, -0.05) is 18.7 Å². The topological polar surface area (TPSA) is 38.4 Å². The lowest BCUT2D eigenvalue weighted by Crippen LogP contribution is -2.18. The zero-order chi connectivity index (χ0) is 5.98. The molecule has 2 nitrogen and oxygen atoms in total. The smallest absolute Gasteiger partial charge is 0.153 e. The van der Waals surface area contributed by atoms with Gasteiger partial charge in [0.05, 0.1) is 0 Å². The molecular formula is C5H11BrN2S. The number of hydrogen-bond donors (Lipinski definition) is 1. The average Bonchev–Trinajstić information content (AvgIpc) is 1.77. The second-order valence-corrected chi connectivity index (χ2v) is 3.14. The summed E-state index contributed by atoms with van der Waals surface area (Å²) in [6.45, 7) is 3.10. The fourth-order valence-electron chi connectivity index (χ4n) is 0.572. The van der Waals surface area contributed by atoms with Crippen molar-refractivity contribution in [1.82, 2.24) is 0 Å². The number of thioether (sulfide) groups is 1. The van der Waals surface area contributed by atoms with E-state index in [1.165, 1.54) is 0 Å². The minimum atomic E-state index is 0. The monoisotopic (exact) mass is 210 g/mol. The van der Waals surface area contributed by atoms with E-state index in [4.69, 9.17) is 5.73 Å². The number of hydrogen-bond acceptors (Lipinski definition) is 3. The van der Waals surface area contributed by atoms with Gasteiger partial charge in [-0.15, -0.1) is 17.0 Å². The van der Waals surface area contributed by atoms with E-state index in [-0.39, 0.29) is 17.0 Å². The molecule has 1 aliphatic heterocycles. The summed E-state index contributed by atoms with van der Waals surface area (Å²) in [5, 5.41) is 0.753. The lowest BCUT2D eigenvalue weighted by atomic mass is 10.2. The maximum atomic E-state index is 5.41. The fraction of sp³-hybridized carbons (Fsp3) is 0.800. The van der Waals surface area contributed by atoms with Crippen LogP contribution in [0.5, 0.6) is 0 Å². The molecule has 0 saturated carbocycles. The Morgan fingerprint density at radius 1 is 1.78 bits per heavy atom. The first-order valence-corrected chi connectivity index (χ1v) is 3.70. The summed E-state index contributed by atoms with van der Waals surface area (Å²) in [6, 6.07) is 0. The van der Waals surface area contributed by atoms with Crippen LogP contribution in [0.15, 0.2) is 4.99 Å². The zero-order valence-corrected chi connectivity index (χ0v) is 7.86. The normalized spacial score (nSPS) is 26.3. The molecular weight excluding hydrogens is 200 g/mol. The second kappa shape index (κ2) is 4.17. The van der Waals surface area contributed by atoms with E-state index < -0.39 is 0 Å². The van der Waals surface area contributed by atoms with Gasteiger partial charge in [-0.25, -0.2) is 0 Å². The number of halogens is 1. The largest absolute Gasteiger partial charge is 0.379 e. The third-order valence-corrected chi connectivity index (χ3v) is 2.24. The van der Waals surface area contributed by atoms with Crippen molar-refractivity contribution in [3.63, 3.8) is 0 Å². The molecule has 0 bridgehead atoms. The van der Waals surface area contributed by atoms with Crippen LogP contribution >= 0.6 is 28.7 Å². The molecule has 1 aliphatic rings. The van der Waals surface area contributed by atoms with Gasteiger partial charge in [0.25, 0.3) is 0 Å². The summed E-state index contributed by atoms with van der Waals surface area (Å²) in [5.41, 5.74) is 5.41. The quantitative estimate of drug-likeness (QED) is 0.655. The van der Waals surface area contributed by atoms with Gasteiger partial charge in [-0.05, 0) is 5.92 Å². The molecule has 0 spiro atoms. The highest BCUT2D eigenvalue weighted by atomic mass is 79.9. The van der Waals surface area contributed by atoms with Crippen LogP contribution in [0, 0.1) is 5.92 Å². The molecule has 1 atom stereocenters. The maximum absolute atomic E-state index is 5.41. The lowest BCUT2D eigenvalue weighted by Gasteiger charge is -2.12. The van der Waals surface area contributed by atoms with Crippen molar-refractivity contribution in [1.29, 1.82) is 0 Å². The molecule has 1 heterocycles. The highest BCUT2D eigenvalue weighted by Gasteiger charge is 2.07. The molecule has 0 aliphatic carbocycles. The van der Waals surface area contributed by atoms with E-state index in [0.717, 1.165) is 17.5 Å². The number of aliphatic imine (C=N–C) groups is 1. The van der Waals surface area contributed by atoms with Crippen LogP contribution in [-0.4, -0.2) is 17.5 Å². The molecule has 4 heteroatoms. The van der Waals surface area contributed by atoms with Crippen LogP contribution in [-0.2, 0) is 0 Å². The third-order valence-electron chi connectivity index (χ3n) is 1.07. The molecule has 0 radical (unpaired) electrons. The van der Waals surface area contributed by atoms with E-state index in [2.05, 4.69) is 11.9 Å². The minimum Gasteiger partial charge on any atom is -0.379 e. The van der Waals surface area contributed by atoms with Gasteiger partial charge < -0.3 is 5.73 Å². The summed E-state index contributed by atoms with van der Waals surface area (Å²) in [5.74, 6) is 1.85.